The molecule has 1 fully saturated rings. The summed E-state index contributed by atoms with van der Waals surface area (Å²) in [6.45, 7) is 5.02. The minimum Gasteiger partial charge on any atom is -0.480 e. The van der Waals surface area contributed by atoms with Gasteiger partial charge in [-0.15, -0.1) is 0 Å². The molecule has 1 aliphatic rings. The van der Waals surface area contributed by atoms with Crippen LogP contribution in [-0.2, 0) is 15.1 Å². The summed E-state index contributed by atoms with van der Waals surface area (Å²) in [5, 5.41) is 22.6. The van der Waals surface area contributed by atoms with Crippen molar-refractivity contribution in [2.75, 3.05) is 6.54 Å². The number of aliphatic hydroxyl groups is 1. The SMILES string of the molecule is CC(C)(C)OC(=O)N1C[C@](O)(c2ccc3ccccc3c2)C[C@H]1C(=O)O. The molecule has 0 radical (unpaired) electrons. The fourth-order valence-electron chi connectivity index (χ4n) is 3.31. The molecule has 0 unspecified atom stereocenters. The van der Waals surface area contributed by atoms with E-state index >= 15 is 0 Å². The van der Waals surface area contributed by atoms with Crippen molar-refractivity contribution < 1.29 is 24.5 Å². The summed E-state index contributed by atoms with van der Waals surface area (Å²) in [6.07, 6.45) is -0.818. The van der Waals surface area contributed by atoms with Crippen molar-refractivity contribution in [3.05, 3.63) is 48.0 Å². The van der Waals surface area contributed by atoms with Crippen molar-refractivity contribution in [1.82, 2.24) is 4.90 Å². The van der Waals surface area contributed by atoms with Crippen molar-refractivity contribution in [1.29, 1.82) is 0 Å². The largest absolute Gasteiger partial charge is 0.480 e. The summed E-state index contributed by atoms with van der Waals surface area (Å²) < 4.78 is 5.31. The molecule has 2 aromatic rings. The number of ether oxygens (including phenoxy) is 1. The van der Waals surface area contributed by atoms with Crippen molar-refractivity contribution in [3.8, 4) is 0 Å². The van der Waals surface area contributed by atoms with Crippen molar-refractivity contribution in [3.63, 3.8) is 0 Å². The number of hydrogen-bond donors (Lipinski definition) is 2. The van der Waals surface area contributed by atoms with E-state index in [1.54, 1.807) is 26.8 Å². The number of amides is 1. The van der Waals surface area contributed by atoms with Gasteiger partial charge < -0.3 is 14.9 Å². The Bertz CT molecular complexity index is 857. The van der Waals surface area contributed by atoms with Crippen LogP contribution in [-0.4, -0.2) is 45.4 Å². The number of fused-ring (bicyclic) bond motifs is 1. The Morgan fingerprint density at radius 3 is 2.42 bits per heavy atom. The maximum atomic E-state index is 12.4. The first kappa shape index (κ1) is 18.2. The fourth-order valence-corrected chi connectivity index (χ4v) is 3.31. The van der Waals surface area contributed by atoms with Crippen LogP contribution >= 0.6 is 0 Å². The van der Waals surface area contributed by atoms with Gasteiger partial charge in [-0.2, -0.15) is 0 Å². The van der Waals surface area contributed by atoms with Crippen molar-refractivity contribution >= 4 is 22.8 Å². The van der Waals surface area contributed by atoms with E-state index in [0.717, 1.165) is 15.7 Å². The molecular weight excluding hydrogens is 334 g/mol. The van der Waals surface area contributed by atoms with E-state index in [2.05, 4.69) is 0 Å². The van der Waals surface area contributed by atoms with Crippen LogP contribution < -0.4 is 0 Å². The van der Waals surface area contributed by atoms with Gasteiger partial charge in [0.2, 0.25) is 0 Å². The number of carbonyl (C=O) groups is 2. The predicted octanol–water partition coefficient (Wildman–Crippen LogP) is 3.12. The average Bonchev–Trinajstić information content (AvgIpc) is 2.93. The van der Waals surface area contributed by atoms with Crippen molar-refractivity contribution in [2.24, 2.45) is 0 Å². The highest BCUT2D eigenvalue weighted by molar-refractivity contribution is 5.84. The number of carboxylic acid groups (broad SMARTS) is 1. The van der Waals surface area contributed by atoms with Gasteiger partial charge in [0.25, 0.3) is 0 Å². The van der Waals surface area contributed by atoms with Crippen LogP contribution in [0, 0.1) is 0 Å². The number of carboxylic acids is 1. The zero-order valence-corrected chi connectivity index (χ0v) is 15.1. The number of β-amino-alcohol motifs (C(OH)–C–C–N with tert-alkyl or cyclic N) is 1. The molecule has 6 heteroatoms. The molecule has 2 N–H and O–H groups in total. The van der Waals surface area contributed by atoms with Crippen molar-refractivity contribution in [2.45, 2.75) is 44.4 Å². The van der Waals surface area contributed by atoms with Gasteiger partial charge in [-0.3, -0.25) is 4.90 Å². The average molecular weight is 357 g/mol. The first-order chi connectivity index (χ1) is 12.1. The van der Waals surface area contributed by atoms with E-state index in [1.165, 1.54) is 0 Å². The Labute approximate surface area is 152 Å². The van der Waals surface area contributed by atoms with E-state index < -0.39 is 29.3 Å². The van der Waals surface area contributed by atoms with Gasteiger partial charge in [0.1, 0.15) is 17.2 Å². The fraction of sp³-hybridized carbons (Fsp3) is 0.400. The third-order valence-electron chi connectivity index (χ3n) is 4.54. The Morgan fingerprint density at radius 1 is 1.15 bits per heavy atom. The van der Waals surface area contributed by atoms with Crippen LogP contribution in [0.5, 0.6) is 0 Å². The van der Waals surface area contributed by atoms with E-state index in [9.17, 15) is 19.8 Å². The first-order valence-electron chi connectivity index (χ1n) is 8.53. The third-order valence-corrected chi connectivity index (χ3v) is 4.54. The molecule has 26 heavy (non-hydrogen) atoms. The van der Waals surface area contributed by atoms with Gasteiger partial charge in [-0.05, 0) is 43.2 Å². The van der Waals surface area contributed by atoms with Crippen LogP contribution in [0.25, 0.3) is 10.8 Å². The highest BCUT2D eigenvalue weighted by Crippen LogP contribution is 2.38. The number of aliphatic carboxylic acids is 1. The van der Waals surface area contributed by atoms with E-state index in [0.29, 0.717) is 5.56 Å². The quantitative estimate of drug-likeness (QED) is 0.862. The van der Waals surface area contributed by atoms with E-state index in [1.807, 2.05) is 36.4 Å². The molecule has 2 aromatic carbocycles. The van der Waals surface area contributed by atoms with Crippen LogP contribution in [0.2, 0.25) is 0 Å². The summed E-state index contributed by atoms with van der Waals surface area (Å²) in [5.41, 5.74) is -1.60. The molecule has 1 amide bonds. The Kier molecular flexibility index (Phi) is 4.40. The number of carbonyl (C=O) groups excluding carboxylic acids is 1. The smallest absolute Gasteiger partial charge is 0.411 e. The number of benzene rings is 2. The molecule has 1 aliphatic heterocycles. The zero-order chi connectivity index (χ0) is 19.1. The summed E-state index contributed by atoms with van der Waals surface area (Å²) in [4.78, 5) is 25.2. The number of nitrogens with zero attached hydrogens (tertiary/aromatic N) is 1. The Morgan fingerprint density at radius 2 is 1.81 bits per heavy atom. The van der Waals surface area contributed by atoms with Crippen LogP contribution in [0.4, 0.5) is 4.79 Å². The second-order valence-electron chi connectivity index (χ2n) is 7.76. The van der Waals surface area contributed by atoms with Gasteiger partial charge in [-0.25, -0.2) is 9.59 Å². The summed E-state index contributed by atoms with van der Waals surface area (Å²) >= 11 is 0. The summed E-state index contributed by atoms with van der Waals surface area (Å²) in [5.74, 6) is -1.16. The Balaban J connectivity index is 1.94. The van der Waals surface area contributed by atoms with Crippen LogP contribution in [0.3, 0.4) is 0 Å². The molecule has 2 atom stereocenters. The predicted molar refractivity (Wildman–Crippen MR) is 96.8 cm³/mol. The Hall–Kier alpha value is -2.60. The molecule has 0 aliphatic carbocycles. The normalized spacial score (nSPS) is 23.2. The lowest BCUT2D eigenvalue weighted by molar-refractivity contribution is -0.142. The van der Waals surface area contributed by atoms with Crippen LogP contribution in [0.15, 0.2) is 42.5 Å². The molecule has 1 saturated heterocycles. The first-order valence-corrected chi connectivity index (χ1v) is 8.53. The second kappa shape index (κ2) is 6.29. The molecule has 0 saturated carbocycles. The second-order valence-corrected chi connectivity index (χ2v) is 7.76. The molecule has 0 bridgehead atoms. The molecule has 6 nitrogen and oxygen atoms in total. The number of rotatable bonds is 2. The maximum Gasteiger partial charge on any atom is 0.411 e. The molecule has 3 rings (SSSR count). The van der Waals surface area contributed by atoms with Gasteiger partial charge in [-0.1, -0.05) is 36.4 Å². The van der Waals surface area contributed by atoms with Crippen LogP contribution in [0.1, 0.15) is 32.8 Å². The molecule has 1 heterocycles. The number of hydrogen-bond acceptors (Lipinski definition) is 4. The van der Waals surface area contributed by atoms with Gasteiger partial charge in [0.15, 0.2) is 0 Å². The number of likely N-dealkylation sites (tertiary alicyclic amines) is 1. The standard InChI is InChI=1S/C20H23NO5/c1-19(2,3)26-18(24)21-12-20(25,11-16(21)17(22)23)15-9-8-13-6-4-5-7-14(13)10-15/h4-10,16,25H,11-12H2,1-3H3,(H,22,23)/t16-,20-/m0/s1. The van der Waals surface area contributed by atoms with Gasteiger partial charge in [0.05, 0.1) is 6.54 Å². The monoisotopic (exact) mass is 357 g/mol. The topological polar surface area (TPSA) is 87.1 Å². The molecule has 0 spiro atoms. The lowest BCUT2D eigenvalue weighted by atomic mass is 9.89. The third kappa shape index (κ3) is 3.51. The lowest BCUT2D eigenvalue weighted by Crippen LogP contribution is -2.43. The molecule has 0 aromatic heterocycles. The molecular formula is C20H23NO5. The summed E-state index contributed by atoms with van der Waals surface area (Å²) in [6, 6.07) is 12.1. The van der Waals surface area contributed by atoms with Gasteiger partial charge in [0, 0.05) is 6.42 Å². The summed E-state index contributed by atoms with van der Waals surface area (Å²) in [7, 11) is 0. The molecule has 138 valence electrons. The maximum absolute atomic E-state index is 12.4. The minimum atomic E-state index is -1.44. The minimum absolute atomic E-state index is 0.0834. The van der Waals surface area contributed by atoms with Gasteiger partial charge >= 0.3 is 12.1 Å². The van der Waals surface area contributed by atoms with E-state index in [4.69, 9.17) is 4.74 Å². The lowest BCUT2D eigenvalue weighted by Gasteiger charge is -2.27. The van der Waals surface area contributed by atoms with E-state index in [-0.39, 0.29) is 13.0 Å². The highest BCUT2D eigenvalue weighted by Gasteiger charge is 2.50. The zero-order valence-electron chi connectivity index (χ0n) is 15.1. The highest BCUT2D eigenvalue weighted by atomic mass is 16.6.